The SMILES string of the molecule is O=C(OC1CCCCC1)c1cc(C(=O)c2ccccc2)n2ccccc12. The van der Waals surface area contributed by atoms with Crippen molar-refractivity contribution in [2.24, 2.45) is 0 Å². The lowest BCUT2D eigenvalue weighted by molar-refractivity contribution is 0.0213. The molecule has 0 saturated heterocycles. The lowest BCUT2D eigenvalue weighted by atomic mass is 9.98. The van der Waals surface area contributed by atoms with E-state index < -0.39 is 0 Å². The molecule has 0 aliphatic heterocycles. The molecule has 0 unspecified atom stereocenters. The second-order valence-electron chi connectivity index (χ2n) is 6.76. The third kappa shape index (κ3) is 3.15. The van der Waals surface area contributed by atoms with Gasteiger partial charge in [0.15, 0.2) is 0 Å². The molecule has 4 heteroatoms. The molecule has 26 heavy (non-hydrogen) atoms. The fourth-order valence-electron chi connectivity index (χ4n) is 3.63. The van der Waals surface area contributed by atoms with E-state index in [0.717, 1.165) is 25.7 Å². The molecule has 4 nitrogen and oxygen atoms in total. The predicted molar refractivity (Wildman–Crippen MR) is 99.6 cm³/mol. The van der Waals surface area contributed by atoms with Crippen LogP contribution in [0.2, 0.25) is 0 Å². The average molecular weight is 347 g/mol. The fourth-order valence-corrected chi connectivity index (χ4v) is 3.63. The van der Waals surface area contributed by atoms with Gasteiger partial charge in [-0.3, -0.25) is 4.79 Å². The van der Waals surface area contributed by atoms with E-state index in [0.29, 0.717) is 22.3 Å². The molecule has 0 bridgehead atoms. The van der Waals surface area contributed by atoms with Crippen LogP contribution in [0.3, 0.4) is 0 Å². The zero-order valence-electron chi connectivity index (χ0n) is 14.6. The highest BCUT2D eigenvalue weighted by Crippen LogP contribution is 2.25. The van der Waals surface area contributed by atoms with Gasteiger partial charge in [0.05, 0.1) is 16.8 Å². The molecule has 2 aromatic heterocycles. The summed E-state index contributed by atoms with van der Waals surface area (Å²) in [5.41, 5.74) is 2.23. The second-order valence-corrected chi connectivity index (χ2v) is 6.76. The molecule has 1 aliphatic rings. The minimum atomic E-state index is -0.340. The molecule has 4 rings (SSSR count). The van der Waals surface area contributed by atoms with Crippen LogP contribution >= 0.6 is 0 Å². The lowest BCUT2D eigenvalue weighted by Crippen LogP contribution is -2.20. The molecule has 1 saturated carbocycles. The molecule has 1 fully saturated rings. The smallest absolute Gasteiger partial charge is 0.340 e. The first-order valence-corrected chi connectivity index (χ1v) is 9.15. The Bertz CT molecular complexity index is 936. The van der Waals surface area contributed by atoms with Crippen LogP contribution in [0.4, 0.5) is 0 Å². The topological polar surface area (TPSA) is 47.8 Å². The fraction of sp³-hybridized carbons (Fsp3) is 0.273. The number of hydrogen-bond donors (Lipinski definition) is 0. The van der Waals surface area contributed by atoms with Gasteiger partial charge in [0.25, 0.3) is 0 Å². The number of benzene rings is 1. The van der Waals surface area contributed by atoms with Crippen molar-refractivity contribution in [2.75, 3.05) is 0 Å². The van der Waals surface area contributed by atoms with Gasteiger partial charge in [0.2, 0.25) is 5.78 Å². The first-order valence-electron chi connectivity index (χ1n) is 9.15. The number of ketones is 1. The van der Waals surface area contributed by atoms with E-state index in [1.54, 1.807) is 22.6 Å². The van der Waals surface area contributed by atoms with E-state index in [1.165, 1.54) is 6.42 Å². The summed E-state index contributed by atoms with van der Waals surface area (Å²) in [4.78, 5) is 25.7. The number of esters is 1. The van der Waals surface area contributed by atoms with Crippen molar-refractivity contribution in [1.29, 1.82) is 0 Å². The number of pyridine rings is 1. The Kier molecular flexibility index (Phi) is 4.57. The number of ether oxygens (including phenoxy) is 1. The monoisotopic (exact) mass is 347 g/mol. The minimum absolute atomic E-state index is 0.0109. The summed E-state index contributed by atoms with van der Waals surface area (Å²) in [6, 6.07) is 16.3. The zero-order valence-corrected chi connectivity index (χ0v) is 14.6. The summed E-state index contributed by atoms with van der Waals surface area (Å²) in [5.74, 6) is -0.448. The van der Waals surface area contributed by atoms with Gasteiger partial charge >= 0.3 is 5.97 Å². The Hall–Kier alpha value is -2.88. The Morgan fingerprint density at radius 1 is 0.923 bits per heavy atom. The van der Waals surface area contributed by atoms with Crippen LogP contribution in [0.5, 0.6) is 0 Å². The number of nitrogens with zero attached hydrogens (tertiary/aromatic N) is 1. The second kappa shape index (κ2) is 7.16. The van der Waals surface area contributed by atoms with Crippen molar-refractivity contribution in [3.63, 3.8) is 0 Å². The minimum Gasteiger partial charge on any atom is -0.459 e. The van der Waals surface area contributed by atoms with Crippen LogP contribution in [0.25, 0.3) is 5.52 Å². The number of rotatable bonds is 4. The largest absolute Gasteiger partial charge is 0.459 e. The summed E-state index contributed by atoms with van der Waals surface area (Å²) >= 11 is 0. The zero-order chi connectivity index (χ0) is 17.9. The standard InChI is InChI=1S/C22H21NO3/c24-21(16-9-3-1-4-10-16)20-15-18(19-13-7-8-14-23(19)20)22(25)26-17-11-5-2-6-12-17/h1,3-4,7-10,13-15,17H,2,5-6,11-12H2. The van der Waals surface area contributed by atoms with E-state index in [4.69, 9.17) is 4.74 Å². The normalized spacial score (nSPS) is 15.1. The quantitative estimate of drug-likeness (QED) is 0.509. The van der Waals surface area contributed by atoms with Gasteiger partial charge in [-0.1, -0.05) is 42.8 Å². The Balaban J connectivity index is 1.70. The highest BCUT2D eigenvalue weighted by molar-refractivity contribution is 6.11. The molecule has 0 radical (unpaired) electrons. The van der Waals surface area contributed by atoms with Gasteiger partial charge in [0.1, 0.15) is 6.10 Å². The van der Waals surface area contributed by atoms with E-state index >= 15 is 0 Å². The predicted octanol–water partition coefficient (Wildman–Crippen LogP) is 4.66. The molecule has 0 amide bonds. The molecule has 0 N–H and O–H groups in total. The van der Waals surface area contributed by atoms with E-state index in [2.05, 4.69) is 0 Å². The van der Waals surface area contributed by atoms with Gasteiger partial charge < -0.3 is 9.14 Å². The van der Waals surface area contributed by atoms with E-state index in [-0.39, 0.29) is 17.9 Å². The molecule has 3 aromatic rings. The molecule has 132 valence electrons. The molecular formula is C22H21NO3. The van der Waals surface area contributed by atoms with Crippen molar-refractivity contribution in [3.05, 3.63) is 77.6 Å². The molecule has 2 heterocycles. The van der Waals surface area contributed by atoms with Crippen molar-refractivity contribution in [1.82, 2.24) is 4.40 Å². The van der Waals surface area contributed by atoms with Crippen LogP contribution in [0.15, 0.2) is 60.8 Å². The first-order chi connectivity index (χ1) is 12.7. The van der Waals surface area contributed by atoms with Gasteiger partial charge in [-0.05, 0) is 43.9 Å². The maximum absolute atomic E-state index is 12.9. The summed E-state index contributed by atoms with van der Waals surface area (Å²) in [6.45, 7) is 0. The molecule has 1 aromatic carbocycles. The highest BCUT2D eigenvalue weighted by Gasteiger charge is 2.24. The first kappa shape index (κ1) is 16.6. The Labute approximate surface area is 152 Å². The van der Waals surface area contributed by atoms with Crippen molar-refractivity contribution in [2.45, 2.75) is 38.2 Å². The summed E-state index contributed by atoms with van der Waals surface area (Å²) < 4.78 is 7.49. The Morgan fingerprint density at radius 2 is 1.65 bits per heavy atom. The third-order valence-electron chi connectivity index (χ3n) is 4.99. The van der Waals surface area contributed by atoms with Gasteiger partial charge in [-0.2, -0.15) is 0 Å². The number of carbonyl (C=O) groups excluding carboxylic acids is 2. The van der Waals surface area contributed by atoms with Crippen LogP contribution in [0, 0.1) is 0 Å². The van der Waals surface area contributed by atoms with Crippen LogP contribution < -0.4 is 0 Å². The summed E-state index contributed by atoms with van der Waals surface area (Å²) in [6.07, 6.45) is 7.06. The van der Waals surface area contributed by atoms with Crippen LogP contribution in [-0.2, 0) is 4.74 Å². The summed E-state index contributed by atoms with van der Waals surface area (Å²) in [5, 5.41) is 0. The van der Waals surface area contributed by atoms with Crippen LogP contribution in [-0.4, -0.2) is 22.3 Å². The molecular weight excluding hydrogens is 326 g/mol. The molecule has 0 atom stereocenters. The summed E-state index contributed by atoms with van der Waals surface area (Å²) in [7, 11) is 0. The maximum Gasteiger partial charge on any atom is 0.340 e. The third-order valence-corrected chi connectivity index (χ3v) is 4.99. The van der Waals surface area contributed by atoms with E-state index in [1.807, 2.05) is 42.6 Å². The maximum atomic E-state index is 12.9. The molecule has 1 aliphatic carbocycles. The number of fused-ring (bicyclic) bond motifs is 1. The Morgan fingerprint density at radius 3 is 2.42 bits per heavy atom. The van der Waals surface area contributed by atoms with Gasteiger partial charge in [-0.25, -0.2) is 4.79 Å². The van der Waals surface area contributed by atoms with Gasteiger partial charge in [0, 0.05) is 11.8 Å². The van der Waals surface area contributed by atoms with Crippen molar-refractivity contribution < 1.29 is 14.3 Å². The van der Waals surface area contributed by atoms with Crippen LogP contribution in [0.1, 0.15) is 58.5 Å². The average Bonchev–Trinajstić information content (AvgIpc) is 3.09. The number of hydrogen-bond acceptors (Lipinski definition) is 3. The number of carbonyl (C=O) groups is 2. The number of aromatic nitrogens is 1. The van der Waals surface area contributed by atoms with Crippen molar-refractivity contribution >= 4 is 17.3 Å². The highest BCUT2D eigenvalue weighted by atomic mass is 16.5. The lowest BCUT2D eigenvalue weighted by Gasteiger charge is -2.21. The van der Waals surface area contributed by atoms with E-state index in [9.17, 15) is 9.59 Å². The van der Waals surface area contributed by atoms with Gasteiger partial charge in [-0.15, -0.1) is 0 Å². The molecule has 0 spiro atoms. The van der Waals surface area contributed by atoms with Crippen molar-refractivity contribution in [3.8, 4) is 0 Å².